The van der Waals surface area contributed by atoms with Gasteiger partial charge in [0, 0.05) is 0 Å². The molecular weight excluding hydrogens is 276 g/mol. The van der Waals surface area contributed by atoms with Crippen molar-refractivity contribution in [3.8, 4) is 0 Å². The van der Waals surface area contributed by atoms with Crippen molar-refractivity contribution in [1.29, 1.82) is 0 Å². The van der Waals surface area contributed by atoms with Crippen molar-refractivity contribution in [3.05, 3.63) is 0 Å². The number of hydrogen-bond donors (Lipinski definition) is 0. The van der Waals surface area contributed by atoms with Crippen LogP contribution < -0.4 is 0 Å². The molecule has 0 radical (unpaired) electrons. The quantitative estimate of drug-likeness (QED) is 0.571. The average molecular weight is 306 g/mol. The monoisotopic (exact) mass is 306 g/mol. The van der Waals surface area contributed by atoms with E-state index in [2.05, 4.69) is 0 Å². The maximum atomic E-state index is 1.74. The molecule has 11 aliphatic carbocycles. The molecule has 0 amide bonds. The molecule has 6 unspecified atom stereocenters. The molecule has 0 aromatic rings. The highest BCUT2D eigenvalue weighted by molar-refractivity contribution is 5.35. The molecule has 0 aliphatic heterocycles. The van der Waals surface area contributed by atoms with Gasteiger partial charge < -0.3 is 0 Å². The second-order valence-electron chi connectivity index (χ2n) is 13.0. The van der Waals surface area contributed by atoms with E-state index < -0.39 is 0 Å². The third-order valence-electron chi connectivity index (χ3n) is 12.5. The van der Waals surface area contributed by atoms with Gasteiger partial charge in [0.1, 0.15) is 0 Å². The van der Waals surface area contributed by atoms with Crippen molar-refractivity contribution in [2.75, 3.05) is 0 Å². The van der Waals surface area contributed by atoms with Gasteiger partial charge in [0.25, 0.3) is 0 Å². The Kier molecular flexibility index (Phi) is 1.40. The second-order valence-corrected chi connectivity index (χ2v) is 13.0. The number of fused-ring (bicyclic) bond motifs is 1. The summed E-state index contributed by atoms with van der Waals surface area (Å²) in [5.74, 6) is 9.70. The topological polar surface area (TPSA) is 0 Å². The molecule has 23 heavy (non-hydrogen) atoms. The second kappa shape index (κ2) is 2.79. The Morgan fingerprint density at radius 1 is 0.609 bits per heavy atom. The van der Waals surface area contributed by atoms with E-state index in [0.717, 1.165) is 21.7 Å². The van der Waals surface area contributed by atoms with Gasteiger partial charge in [-0.2, -0.15) is 0 Å². The minimum atomic E-state index is 0.890. The van der Waals surface area contributed by atoms with Crippen molar-refractivity contribution in [1.82, 2.24) is 0 Å². The lowest BCUT2D eigenvalue weighted by Crippen LogP contribution is -2.84. The molecule has 0 nitrogen and oxygen atoms in total. The van der Waals surface area contributed by atoms with Gasteiger partial charge in [-0.3, -0.25) is 0 Å². The molecule has 11 fully saturated rings. The summed E-state index contributed by atoms with van der Waals surface area (Å²) in [6, 6.07) is 0. The molecule has 4 spiro atoms. The van der Waals surface area contributed by atoms with Crippen LogP contribution in [0.4, 0.5) is 0 Å². The summed E-state index contributed by atoms with van der Waals surface area (Å²) >= 11 is 0. The van der Waals surface area contributed by atoms with Gasteiger partial charge in [0.05, 0.1) is 0 Å². The fourth-order valence-electron chi connectivity index (χ4n) is 14.4. The van der Waals surface area contributed by atoms with Crippen molar-refractivity contribution >= 4 is 0 Å². The first-order chi connectivity index (χ1) is 11.2. The third-order valence-corrected chi connectivity index (χ3v) is 12.5. The van der Waals surface area contributed by atoms with Crippen molar-refractivity contribution in [3.63, 3.8) is 0 Å². The summed E-state index contributed by atoms with van der Waals surface area (Å²) < 4.78 is 0. The largest absolute Gasteiger partial charge is 0.0472 e. The van der Waals surface area contributed by atoms with E-state index in [9.17, 15) is 0 Å². The van der Waals surface area contributed by atoms with Crippen LogP contribution in [0.15, 0.2) is 0 Å². The lowest BCUT2D eigenvalue weighted by Gasteiger charge is -2.91. The first-order valence-electron chi connectivity index (χ1n) is 11.2. The SMILES string of the molecule is C1C2CC3CC45CC6(CC1C1[C@H]7C[C@H]8C[C@]1(C2)C3[C@@](C8)(C4)C76)C5. The Labute approximate surface area is 140 Å². The van der Waals surface area contributed by atoms with Crippen LogP contribution in [-0.4, -0.2) is 0 Å². The molecule has 0 N–H and O–H groups in total. The van der Waals surface area contributed by atoms with E-state index in [1.54, 1.807) is 70.6 Å². The molecule has 9 bridgehead atoms. The smallest absolute Gasteiger partial charge is 0.0217 e. The van der Waals surface area contributed by atoms with Crippen LogP contribution in [0, 0.1) is 69.0 Å². The van der Waals surface area contributed by atoms with E-state index >= 15 is 0 Å². The maximum Gasteiger partial charge on any atom is -0.0217 e. The first kappa shape index (κ1) is 11.6. The van der Waals surface area contributed by atoms with E-state index in [4.69, 9.17) is 0 Å². The van der Waals surface area contributed by atoms with E-state index in [1.165, 1.54) is 47.3 Å². The Hall–Kier alpha value is 0. The van der Waals surface area contributed by atoms with Crippen LogP contribution in [0.25, 0.3) is 0 Å². The van der Waals surface area contributed by atoms with E-state index in [1.807, 2.05) is 0 Å². The van der Waals surface area contributed by atoms with Gasteiger partial charge in [0.15, 0.2) is 0 Å². The molecule has 0 heterocycles. The zero-order chi connectivity index (χ0) is 14.4. The molecule has 11 rings (SSSR count). The van der Waals surface area contributed by atoms with Gasteiger partial charge in [-0.05, 0) is 140 Å². The molecule has 122 valence electrons. The zero-order valence-electron chi connectivity index (χ0n) is 14.4. The molecule has 11 aliphatic rings. The highest BCUT2D eigenvalue weighted by Gasteiger charge is 2.86. The van der Waals surface area contributed by atoms with Gasteiger partial charge in [0.2, 0.25) is 0 Å². The molecule has 0 aromatic carbocycles. The molecule has 11 saturated carbocycles. The fraction of sp³-hybridized carbons (Fsp3) is 1.00. The maximum absolute atomic E-state index is 1.74. The van der Waals surface area contributed by atoms with Crippen LogP contribution in [0.2, 0.25) is 0 Å². The Bertz CT molecular complexity index is 676. The molecule has 0 heteroatoms. The zero-order valence-corrected chi connectivity index (χ0v) is 14.4. The molecule has 0 aromatic heterocycles. The van der Waals surface area contributed by atoms with Gasteiger partial charge in [-0.1, -0.05) is 0 Å². The summed E-state index contributed by atoms with van der Waals surface area (Å²) in [6.45, 7) is 0. The summed E-state index contributed by atoms with van der Waals surface area (Å²) in [7, 11) is 0. The summed E-state index contributed by atoms with van der Waals surface area (Å²) in [4.78, 5) is 0. The summed E-state index contributed by atoms with van der Waals surface area (Å²) in [5.41, 5.74) is 3.61. The van der Waals surface area contributed by atoms with E-state index in [-0.39, 0.29) is 0 Å². The highest BCUT2D eigenvalue weighted by atomic mass is 14.9. The van der Waals surface area contributed by atoms with Gasteiger partial charge in [-0.15, -0.1) is 0 Å². The Balaban J connectivity index is 1.45. The minimum absolute atomic E-state index is 0.890. The van der Waals surface area contributed by atoms with Gasteiger partial charge in [-0.25, -0.2) is 0 Å². The lowest BCUT2D eigenvalue weighted by atomic mass is 9.13. The predicted octanol–water partition coefficient (Wildman–Crippen LogP) is 5.28. The summed E-state index contributed by atoms with van der Waals surface area (Å²) in [5, 5.41) is 0. The standard InChI is InChI=1S/C23H30/c1-12-2-15-7-20-9-21(10-20)8-14(1)17-16-3-13-5-22(17,4-12)18(15)23(6-13,11-20)19(16)21/h12-19H,1-11H2/t12?,13-,14?,15?,16+,17?,18?,19?,20?,21?,22-,23+/m0/s1. The van der Waals surface area contributed by atoms with Gasteiger partial charge >= 0.3 is 0 Å². The number of rotatable bonds is 0. The minimum Gasteiger partial charge on any atom is -0.0472 e. The number of hydrogen-bond acceptors (Lipinski definition) is 0. The van der Waals surface area contributed by atoms with Crippen molar-refractivity contribution in [2.45, 2.75) is 70.6 Å². The van der Waals surface area contributed by atoms with E-state index in [0.29, 0.717) is 0 Å². The Morgan fingerprint density at radius 3 is 2.39 bits per heavy atom. The summed E-state index contributed by atoms with van der Waals surface area (Å²) in [6.07, 6.45) is 18.9. The van der Waals surface area contributed by atoms with Crippen molar-refractivity contribution < 1.29 is 0 Å². The van der Waals surface area contributed by atoms with Crippen LogP contribution in [-0.2, 0) is 0 Å². The average Bonchev–Trinajstić information content (AvgIpc) is 2.41. The van der Waals surface area contributed by atoms with Crippen LogP contribution in [0.1, 0.15) is 70.6 Å². The predicted molar refractivity (Wildman–Crippen MR) is 88.4 cm³/mol. The van der Waals surface area contributed by atoms with Crippen LogP contribution >= 0.6 is 0 Å². The first-order valence-corrected chi connectivity index (χ1v) is 11.2. The molecular formula is C23H30. The molecule has 10 atom stereocenters. The third kappa shape index (κ3) is 0.863. The lowest BCUT2D eigenvalue weighted by molar-refractivity contribution is -0.425. The highest BCUT2D eigenvalue weighted by Crippen LogP contribution is 2.94. The van der Waals surface area contributed by atoms with Crippen molar-refractivity contribution in [2.24, 2.45) is 69.0 Å². The Morgan fingerprint density at radius 2 is 1.43 bits per heavy atom. The fourth-order valence-corrected chi connectivity index (χ4v) is 14.4. The normalized spacial score (nSPS) is 82.4. The van der Waals surface area contributed by atoms with Crippen LogP contribution in [0.5, 0.6) is 0 Å². The van der Waals surface area contributed by atoms with Crippen LogP contribution in [0.3, 0.4) is 0 Å². The molecule has 0 saturated heterocycles.